The molecule has 1 atom stereocenters. The molecule has 0 unspecified atom stereocenters. The molecule has 10 heteroatoms. The van der Waals surface area contributed by atoms with Crippen LogP contribution in [0.15, 0.2) is 24.4 Å². The zero-order valence-electron chi connectivity index (χ0n) is 17.1. The predicted octanol–water partition coefficient (Wildman–Crippen LogP) is 1.87. The number of hydrogen-bond acceptors (Lipinski definition) is 7. The molecular formula is C20H23N9O. The number of benzene rings is 1. The summed E-state index contributed by atoms with van der Waals surface area (Å²) < 4.78 is 1.67. The number of fused-ring (bicyclic) bond motifs is 1. The number of nitrogens with two attached hydrogens (primary N) is 1. The number of piperazine rings is 1. The molecule has 30 heavy (non-hydrogen) atoms. The van der Waals surface area contributed by atoms with Crippen molar-refractivity contribution < 1.29 is 4.79 Å². The highest BCUT2D eigenvalue weighted by Crippen LogP contribution is 2.27. The fourth-order valence-corrected chi connectivity index (χ4v) is 3.77. The number of carbonyl (C=O) groups excluding carboxylic acids is 1. The molecule has 1 saturated heterocycles. The van der Waals surface area contributed by atoms with Crippen LogP contribution in [-0.2, 0) is 7.05 Å². The summed E-state index contributed by atoms with van der Waals surface area (Å²) in [6.45, 7) is 5.61. The van der Waals surface area contributed by atoms with Gasteiger partial charge in [0.1, 0.15) is 5.82 Å². The quantitative estimate of drug-likeness (QED) is 0.666. The van der Waals surface area contributed by atoms with E-state index in [0.717, 1.165) is 16.8 Å². The summed E-state index contributed by atoms with van der Waals surface area (Å²) in [5.41, 5.74) is 8.72. The first-order valence-electron chi connectivity index (χ1n) is 9.66. The Morgan fingerprint density at radius 1 is 1.33 bits per heavy atom. The first kappa shape index (κ1) is 19.4. The molecule has 0 saturated carbocycles. The number of nitrogen functional groups attached to an aromatic ring is 1. The molecule has 0 spiro atoms. The lowest BCUT2D eigenvalue weighted by Crippen LogP contribution is -2.55. The molecule has 2 aromatic heterocycles. The van der Waals surface area contributed by atoms with Gasteiger partial charge in [-0.1, -0.05) is 0 Å². The monoisotopic (exact) mass is 405 g/mol. The standard InChI is InChI=1S/C20H23N9O/c1-12-8-14(9-21)4-5-16(12)24-20(30)28-6-7-29(13(2)11-28)18-15-10-23-27(3)17(15)25-19(22)26-18/h4-5,8,10,13H,6-7,11H2,1-3H3,(H,24,30)(H2,22,25,26)/t13-/m0/s1. The van der Waals surface area contributed by atoms with Crippen LogP contribution in [0.2, 0.25) is 0 Å². The molecular weight excluding hydrogens is 382 g/mol. The fourth-order valence-electron chi connectivity index (χ4n) is 3.77. The first-order valence-corrected chi connectivity index (χ1v) is 9.66. The van der Waals surface area contributed by atoms with Crippen LogP contribution in [0.4, 0.5) is 22.2 Å². The molecule has 1 aromatic carbocycles. The van der Waals surface area contributed by atoms with Crippen molar-refractivity contribution in [2.75, 3.05) is 35.6 Å². The molecule has 3 aromatic rings. The van der Waals surface area contributed by atoms with Crippen LogP contribution in [0.25, 0.3) is 11.0 Å². The molecule has 0 radical (unpaired) electrons. The topological polar surface area (TPSA) is 129 Å². The molecule has 0 bridgehead atoms. The van der Waals surface area contributed by atoms with E-state index >= 15 is 0 Å². The third-order valence-electron chi connectivity index (χ3n) is 5.37. The van der Waals surface area contributed by atoms with Gasteiger partial charge in [0.25, 0.3) is 0 Å². The minimum atomic E-state index is -0.164. The lowest BCUT2D eigenvalue weighted by atomic mass is 10.1. The molecule has 2 amide bonds. The fraction of sp³-hybridized carbons (Fsp3) is 0.350. The number of urea groups is 1. The molecule has 1 aliphatic rings. The number of nitrogens with one attached hydrogen (secondary N) is 1. The second-order valence-electron chi connectivity index (χ2n) is 7.47. The molecule has 1 fully saturated rings. The van der Waals surface area contributed by atoms with Gasteiger partial charge in [-0.2, -0.15) is 20.3 Å². The van der Waals surface area contributed by atoms with Crippen LogP contribution in [-0.4, -0.2) is 56.4 Å². The summed E-state index contributed by atoms with van der Waals surface area (Å²) >= 11 is 0. The maximum atomic E-state index is 12.8. The Morgan fingerprint density at radius 3 is 2.83 bits per heavy atom. The van der Waals surface area contributed by atoms with Gasteiger partial charge in [0.15, 0.2) is 5.65 Å². The highest BCUT2D eigenvalue weighted by molar-refractivity contribution is 5.91. The highest BCUT2D eigenvalue weighted by atomic mass is 16.2. The third-order valence-corrected chi connectivity index (χ3v) is 5.37. The Balaban J connectivity index is 1.50. The number of nitrogens with zero attached hydrogens (tertiary/aromatic N) is 7. The Bertz CT molecular complexity index is 1160. The highest BCUT2D eigenvalue weighted by Gasteiger charge is 2.29. The van der Waals surface area contributed by atoms with Gasteiger partial charge < -0.3 is 20.9 Å². The summed E-state index contributed by atoms with van der Waals surface area (Å²) in [5.74, 6) is 0.936. The van der Waals surface area contributed by atoms with Gasteiger partial charge in [-0.3, -0.25) is 4.68 Å². The van der Waals surface area contributed by atoms with Crippen molar-refractivity contribution in [3.8, 4) is 6.07 Å². The summed E-state index contributed by atoms with van der Waals surface area (Å²) in [7, 11) is 1.81. The summed E-state index contributed by atoms with van der Waals surface area (Å²) in [6, 6.07) is 7.18. The van der Waals surface area contributed by atoms with E-state index in [0.29, 0.717) is 36.5 Å². The van der Waals surface area contributed by atoms with Crippen LogP contribution in [0.1, 0.15) is 18.1 Å². The number of aromatic nitrogens is 4. The van der Waals surface area contributed by atoms with Gasteiger partial charge in [0.2, 0.25) is 5.95 Å². The Kier molecular flexibility index (Phi) is 4.87. The van der Waals surface area contributed by atoms with Crippen molar-refractivity contribution in [2.24, 2.45) is 7.05 Å². The molecule has 10 nitrogen and oxygen atoms in total. The van der Waals surface area contributed by atoms with E-state index in [-0.39, 0.29) is 18.0 Å². The van der Waals surface area contributed by atoms with Crippen molar-refractivity contribution in [1.82, 2.24) is 24.6 Å². The second-order valence-corrected chi connectivity index (χ2v) is 7.47. The van der Waals surface area contributed by atoms with Crippen molar-refractivity contribution in [2.45, 2.75) is 19.9 Å². The lowest BCUT2D eigenvalue weighted by molar-refractivity contribution is 0.200. The first-order chi connectivity index (χ1) is 14.4. The molecule has 0 aliphatic carbocycles. The lowest BCUT2D eigenvalue weighted by Gasteiger charge is -2.40. The number of rotatable bonds is 2. The Hall–Kier alpha value is -3.87. The predicted molar refractivity (Wildman–Crippen MR) is 114 cm³/mol. The van der Waals surface area contributed by atoms with Crippen LogP contribution >= 0.6 is 0 Å². The SMILES string of the molecule is Cc1cc(C#N)ccc1NC(=O)N1CCN(c2nc(N)nc3c2cnn3C)[C@@H](C)C1. The maximum absolute atomic E-state index is 12.8. The van der Waals surface area contributed by atoms with Gasteiger partial charge in [-0.25, -0.2) is 4.79 Å². The van der Waals surface area contributed by atoms with Crippen LogP contribution in [0.5, 0.6) is 0 Å². The van der Waals surface area contributed by atoms with Crippen LogP contribution in [0, 0.1) is 18.3 Å². The van der Waals surface area contributed by atoms with E-state index in [4.69, 9.17) is 11.0 Å². The van der Waals surface area contributed by atoms with Crippen molar-refractivity contribution in [3.05, 3.63) is 35.5 Å². The van der Waals surface area contributed by atoms with E-state index < -0.39 is 0 Å². The minimum Gasteiger partial charge on any atom is -0.368 e. The van der Waals surface area contributed by atoms with Crippen molar-refractivity contribution in [1.29, 1.82) is 5.26 Å². The van der Waals surface area contributed by atoms with Crippen LogP contribution < -0.4 is 16.0 Å². The Labute approximate surface area is 173 Å². The van der Waals surface area contributed by atoms with Crippen LogP contribution in [0.3, 0.4) is 0 Å². The molecule has 1 aliphatic heterocycles. The number of carbonyl (C=O) groups is 1. The summed E-state index contributed by atoms with van der Waals surface area (Å²) in [4.78, 5) is 25.4. The number of anilines is 3. The molecule has 3 heterocycles. The van der Waals surface area contributed by atoms with Gasteiger partial charge in [-0.15, -0.1) is 0 Å². The van der Waals surface area contributed by atoms with Crippen molar-refractivity contribution >= 4 is 34.5 Å². The van der Waals surface area contributed by atoms with Gasteiger partial charge >= 0.3 is 6.03 Å². The zero-order valence-corrected chi connectivity index (χ0v) is 17.1. The zero-order chi connectivity index (χ0) is 21.4. The largest absolute Gasteiger partial charge is 0.368 e. The van der Waals surface area contributed by atoms with Gasteiger partial charge in [-0.05, 0) is 37.6 Å². The number of hydrogen-bond donors (Lipinski definition) is 2. The second kappa shape index (κ2) is 7.51. The van der Waals surface area contributed by atoms with Crippen molar-refractivity contribution in [3.63, 3.8) is 0 Å². The number of nitriles is 1. The smallest absolute Gasteiger partial charge is 0.321 e. The van der Waals surface area contributed by atoms with Gasteiger partial charge in [0, 0.05) is 38.4 Å². The molecule has 3 N–H and O–H groups in total. The summed E-state index contributed by atoms with van der Waals surface area (Å²) in [6.07, 6.45) is 1.74. The van der Waals surface area contributed by atoms with E-state index in [1.54, 1.807) is 34.0 Å². The maximum Gasteiger partial charge on any atom is 0.321 e. The van der Waals surface area contributed by atoms with E-state index in [1.165, 1.54) is 0 Å². The number of amides is 2. The van der Waals surface area contributed by atoms with E-state index in [2.05, 4.69) is 31.4 Å². The number of aryl methyl sites for hydroxylation is 2. The van der Waals surface area contributed by atoms with Gasteiger partial charge in [0.05, 0.1) is 23.2 Å². The normalized spacial score (nSPS) is 16.5. The minimum absolute atomic E-state index is 0.0317. The average molecular weight is 405 g/mol. The molecule has 154 valence electrons. The average Bonchev–Trinajstić information content (AvgIpc) is 3.09. The van der Waals surface area contributed by atoms with E-state index in [9.17, 15) is 4.79 Å². The summed E-state index contributed by atoms with van der Waals surface area (Å²) in [5, 5.41) is 17.1. The third kappa shape index (κ3) is 3.45. The molecule has 4 rings (SSSR count). The Morgan fingerprint density at radius 2 is 2.13 bits per heavy atom. The van der Waals surface area contributed by atoms with E-state index in [1.807, 2.05) is 20.9 Å².